The maximum absolute atomic E-state index is 4.52. The molecule has 0 atom stereocenters. The van der Waals surface area contributed by atoms with Crippen LogP contribution in [-0.2, 0) is 0 Å². The summed E-state index contributed by atoms with van der Waals surface area (Å²) in [4.78, 5) is 21.5. The summed E-state index contributed by atoms with van der Waals surface area (Å²) in [5, 5.41) is 0. The first kappa shape index (κ1) is 10.3. The molecule has 0 spiro atoms. The molecule has 3 rings (SSSR count). The minimum absolute atomic E-state index is 0.663. The Hall–Kier alpha value is -1.82. The second kappa shape index (κ2) is 4.21. The number of nitrogens with zero attached hydrogens (tertiary/aromatic N) is 6. The second-order valence-corrected chi connectivity index (χ2v) is 4.25. The van der Waals surface area contributed by atoms with Gasteiger partial charge in [-0.1, -0.05) is 0 Å². The van der Waals surface area contributed by atoms with Crippen LogP contribution in [0.25, 0.3) is 11.2 Å². The van der Waals surface area contributed by atoms with Crippen molar-refractivity contribution in [2.45, 2.75) is 0 Å². The molecule has 1 saturated heterocycles. The lowest BCUT2D eigenvalue weighted by Gasteiger charge is -2.32. The maximum Gasteiger partial charge on any atom is 0.183 e. The Kier molecular flexibility index (Phi) is 2.56. The molecule has 1 aliphatic heterocycles. The van der Waals surface area contributed by atoms with Crippen molar-refractivity contribution in [2.24, 2.45) is 0 Å². The molecule has 17 heavy (non-hydrogen) atoms. The van der Waals surface area contributed by atoms with Crippen LogP contribution in [0, 0.1) is 0 Å². The van der Waals surface area contributed by atoms with Gasteiger partial charge in [-0.25, -0.2) is 19.9 Å². The van der Waals surface area contributed by atoms with Crippen LogP contribution in [0.3, 0.4) is 0 Å². The zero-order valence-corrected chi connectivity index (χ0v) is 9.74. The van der Waals surface area contributed by atoms with E-state index < -0.39 is 0 Å². The van der Waals surface area contributed by atoms with Gasteiger partial charge in [0.15, 0.2) is 5.65 Å². The van der Waals surface area contributed by atoms with E-state index in [2.05, 4.69) is 36.8 Å². The zero-order chi connectivity index (χ0) is 11.7. The molecule has 6 nitrogen and oxygen atoms in total. The molecule has 0 amide bonds. The van der Waals surface area contributed by atoms with E-state index in [0.29, 0.717) is 5.65 Å². The first-order valence-electron chi connectivity index (χ1n) is 5.69. The van der Waals surface area contributed by atoms with Crippen LogP contribution in [0.4, 0.5) is 5.82 Å². The summed E-state index contributed by atoms with van der Waals surface area (Å²) in [6.07, 6.45) is 4.99. The zero-order valence-electron chi connectivity index (χ0n) is 9.74. The second-order valence-electron chi connectivity index (χ2n) is 4.25. The van der Waals surface area contributed by atoms with Gasteiger partial charge in [0.25, 0.3) is 0 Å². The molecule has 3 heterocycles. The number of anilines is 1. The number of hydrogen-bond acceptors (Lipinski definition) is 6. The average Bonchev–Trinajstić information content (AvgIpc) is 2.39. The van der Waals surface area contributed by atoms with Crippen molar-refractivity contribution in [2.75, 3.05) is 38.1 Å². The van der Waals surface area contributed by atoms with Crippen LogP contribution in [-0.4, -0.2) is 58.1 Å². The van der Waals surface area contributed by atoms with Gasteiger partial charge >= 0.3 is 0 Å². The maximum atomic E-state index is 4.52. The molecule has 1 aliphatic rings. The smallest absolute Gasteiger partial charge is 0.183 e. The van der Waals surface area contributed by atoms with Crippen molar-refractivity contribution >= 4 is 17.0 Å². The Morgan fingerprint density at radius 3 is 2.71 bits per heavy atom. The summed E-state index contributed by atoms with van der Waals surface area (Å²) in [5.41, 5.74) is 1.40. The molecule has 0 radical (unpaired) electrons. The highest BCUT2D eigenvalue weighted by Gasteiger charge is 2.15. The molecular formula is C11H14N6. The van der Waals surface area contributed by atoms with Crippen LogP contribution in [0.5, 0.6) is 0 Å². The highest BCUT2D eigenvalue weighted by molar-refractivity contribution is 5.69. The molecule has 88 valence electrons. The Balaban J connectivity index is 1.90. The summed E-state index contributed by atoms with van der Waals surface area (Å²) in [6.45, 7) is 4.09. The van der Waals surface area contributed by atoms with E-state index >= 15 is 0 Å². The number of hydrogen-bond donors (Lipinski definition) is 0. The minimum atomic E-state index is 0.663. The third kappa shape index (κ3) is 2.03. The van der Waals surface area contributed by atoms with Crippen LogP contribution in [0.2, 0.25) is 0 Å². The number of aromatic nitrogens is 4. The lowest BCUT2D eigenvalue weighted by molar-refractivity contribution is 0.312. The van der Waals surface area contributed by atoms with Gasteiger partial charge in [-0.2, -0.15) is 0 Å². The number of likely N-dealkylation sites (N-methyl/N-ethyl adjacent to an activating group) is 1. The average molecular weight is 230 g/mol. The van der Waals surface area contributed by atoms with E-state index in [1.807, 2.05) is 0 Å². The molecule has 2 aromatic rings. The molecule has 1 fully saturated rings. The predicted molar refractivity (Wildman–Crippen MR) is 64.8 cm³/mol. The van der Waals surface area contributed by atoms with E-state index in [4.69, 9.17) is 0 Å². The first-order valence-corrected chi connectivity index (χ1v) is 5.69. The first-order chi connectivity index (χ1) is 8.33. The summed E-state index contributed by atoms with van der Waals surface area (Å²) in [7, 11) is 2.14. The van der Waals surface area contributed by atoms with Gasteiger partial charge in [0.05, 0.1) is 12.4 Å². The predicted octanol–water partition coefficient (Wildman–Crippen LogP) is 0.172. The van der Waals surface area contributed by atoms with Gasteiger partial charge in [0, 0.05) is 26.2 Å². The van der Waals surface area contributed by atoms with Gasteiger partial charge in [0.2, 0.25) is 0 Å². The van der Waals surface area contributed by atoms with Crippen molar-refractivity contribution in [1.82, 2.24) is 24.8 Å². The summed E-state index contributed by atoms with van der Waals surface area (Å²) in [5.74, 6) is 0.907. The Labute approximate surface area is 99.3 Å². The van der Waals surface area contributed by atoms with Crippen LogP contribution in [0.1, 0.15) is 0 Å². The Morgan fingerprint density at radius 2 is 1.88 bits per heavy atom. The fourth-order valence-electron chi connectivity index (χ4n) is 1.95. The van der Waals surface area contributed by atoms with Crippen LogP contribution >= 0.6 is 0 Å². The highest BCUT2D eigenvalue weighted by Crippen LogP contribution is 2.14. The third-order valence-electron chi connectivity index (χ3n) is 3.04. The molecule has 6 heteroatoms. The molecule has 0 bridgehead atoms. The van der Waals surface area contributed by atoms with Crippen molar-refractivity contribution in [3.63, 3.8) is 0 Å². The van der Waals surface area contributed by atoms with Crippen molar-refractivity contribution < 1.29 is 0 Å². The molecular weight excluding hydrogens is 216 g/mol. The summed E-state index contributed by atoms with van der Waals surface area (Å²) >= 11 is 0. The standard InChI is InChI=1S/C11H14N6/c1-16-2-4-17(5-3-16)10-7-13-9-6-12-8-14-11(9)15-10/h6-8H,2-5H2,1H3. The summed E-state index contributed by atoms with van der Waals surface area (Å²) < 4.78 is 0. The van der Waals surface area contributed by atoms with E-state index in [-0.39, 0.29) is 0 Å². The highest BCUT2D eigenvalue weighted by atomic mass is 15.3. The van der Waals surface area contributed by atoms with E-state index in [0.717, 1.165) is 37.5 Å². The van der Waals surface area contributed by atoms with Gasteiger partial charge in [0.1, 0.15) is 17.7 Å². The fourth-order valence-corrected chi connectivity index (χ4v) is 1.95. The lowest BCUT2D eigenvalue weighted by atomic mass is 10.3. The monoisotopic (exact) mass is 230 g/mol. The van der Waals surface area contributed by atoms with Crippen molar-refractivity contribution in [1.29, 1.82) is 0 Å². The van der Waals surface area contributed by atoms with Gasteiger partial charge < -0.3 is 9.80 Å². The largest absolute Gasteiger partial charge is 0.353 e. The van der Waals surface area contributed by atoms with Gasteiger partial charge in [-0.05, 0) is 7.05 Å². The number of rotatable bonds is 1. The summed E-state index contributed by atoms with van der Waals surface area (Å²) in [6, 6.07) is 0. The van der Waals surface area contributed by atoms with Crippen LogP contribution in [0.15, 0.2) is 18.7 Å². The van der Waals surface area contributed by atoms with Crippen molar-refractivity contribution in [3.8, 4) is 0 Å². The Bertz CT molecular complexity index is 520. The van der Waals surface area contributed by atoms with Crippen molar-refractivity contribution in [3.05, 3.63) is 18.7 Å². The normalized spacial score (nSPS) is 17.6. The molecule has 0 N–H and O–H groups in total. The fraction of sp³-hybridized carbons (Fsp3) is 0.455. The Morgan fingerprint density at radius 1 is 1.06 bits per heavy atom. The third-order valence-corrected chi connectivity index (χ3v) is 3.04. The van der Waals surface area contributed by atoms with E-state index in [9.17, 15) is 0 Å². The van der Waals surface area contributed by atoms with Gasteiger partial charge in [-0.15, -0.1) is 0 Å². The molecule has 0 aromatic carbocycles. The quantitative estimate of drug-likeness (QED) is 0.696. The SMILES string of the molecule is CN1CCN(c2cnc3cncnc3n2)CC1. The lowest BCUT2D eigenvalue weighted by Crippen LogP contribution is -2.44. The molecule has 0 saturated carbocycles. The number of fused-ring (bicyclic) bond motifs is 1. The molecule has 2 aromatic heterocycles. The molecule has 0 aliphatic carbocycles. The minimum Gasteiger partial charge on any atom is -0.353 e. The van der Waals surface area contributed by atoms with Gasteiger partial charge in [-0.3, -0.25) is 0 Å². The van der Waals surface area contributed by atoms with E-state index in [1.54, 1.807) is 12.4 Å². The molecule has 0 unspecified atom stereocenters. The van der Waals surface area contributed by atoms with E-state index in [1.165, 1.54) is 6.33 Å². The van der Waals surface area contributed by atoms with Crippen LogP contribution < -0.4 is 4.90 Å². The topological polar surface area (TPSA) is 58.0 Å². The number of piperazine rings is 1.